The van der Waals surface area contributed by atoms with Crippen LogP contribution in [0.3, 0.4) is 0 Å². The van der Waals surface area contributed by atoms with Crippen molar-refractivity contribution >= 4 is 5.78 Å². The smallest absolute Gasteiger partial charge is 0.152 e. The fourth-order valence-corrected chi connectivity index (χ4v) is 2.80. The molecule has 14 heavy (non-hydrogen) atoms. The summed E-state index contributed by atoms with van der Waals surface area (Å²) >= 11 is 0. The van der Waals surface area contributed by atoms with Crippen molar-refractivity contribution in [2.24, 2.45) is 0 Å². The number of rotatable bonds is 1. The van der Waals surface area contributed by atoms with Crippen molar-refractivity contribution in [1.29, 1.82) is 0 Å². The van der Waals surface area contributed by atoms with Gasteiger partial charge in [0, 0.05) is 12.0 Å². The highest BCUT2D eigenvalue weighted by atomic mass is 16.3. The first-order chi connectivity index (χ1) is 6.60. The van der Waals surface area contributed by atoms with Gasteiger partial charge in [-0.25, -0.2) is 0 Å². The van der Waals surface area contributed by atoms with Crippen LogP contribution in [0.1, 0.15) is 45.4 Å². The first kappa shape index (κ1) is 10.1. The van der Waals surface area contributed by atoms with Crippen LogP contribution in [-0.2, 0) is 4.79 Å². The molecule has 1 saturated carbocycles. The summed E-state index contributed by atoms with van der Waals surface area (Å²) in [7, 11) is 0. The Bertz CT molecular complexity index is 254. The summed E-state index contributed by atoms with van der Waals surface area (Å²) in [6.07, 6.45) is 5.67. The minimum absolute atomic E-state index is 0.127. The van der Waals surface area contributed by atoms with Crippen molar-refractivity contribution in [2.45, 2.75) is 56.5 Å². The number of Topliss-reactive ketones (excluding diaryl/α,β-unsaturated/α-hetero) is 1. The quantitative estimate of drug-likeness (QED) is 0.659. The van der Waals surface area contributed by atoms with Crippen LogP contribution in [-0.4, -0.2) is 28.6 Å². The summed E-state index contributed by atoms with van der Waals surface area (Å²) in [5.74, 6) is 0.362. The maximum atomic E-state index is 11.9. The molecular weight excluding hydrogens is 178 g/mol. The molecule has 80 valence electrons. The van der Waals surface area contributed by atoms with Gasteiger partial charge in [0.05, 0.1) is 12.1 Å². The minimum Gasteiger partial charge on any atom is -0.394 e. The van der Waals surface area contributed by atoms with E-state index in [1.165, 1.54) is 0 Å². The van der Waals surface area contributed by atoms with Gasteiger partial charge in [-0.1, -0.05) is 6.42 Å². The summed E-state index contributed by atoms with van der Waals surface area (Å²) in [6, 6.07) is 0. The van der Waals surface area contributed by atoms with Crippen molar-refractivity contribution in [1.82, 2.24) is 5.32 Å². The molecule has 1 aliphatic heterocycles. The van der Waals surface area contributed by atoms with Crippen molar-refractivity contribution < 1.29 is 9.90 Å². The van der Waals surface area contributed by atoms with Gasteiger partial charge >= 0.3 is 0 Å². The molecule has 0 bridgehead atoms. The monoisotopic (exact) mass is 197 g/mol. The zero-order chi connectivity index (χ0) is 10.2. The molecule has 3 nitrogen and oxygen atoms in total. The zero-order valence-electron chi connectivity index (χ0n) is 8.81. The van der Waals surface area contributed by atoms with Gasteiger partial charge in [0.15, 0.2) is 5.78 Å². The maximum absolute atomic E-state index is 11.9. The Hall–Kier alpha value is -0.410. The number of carbonyl (C=O) groups excluding carboxylic acids is 1. The summed E-state index contributed by atoms with van der Waals surface area (Å²) in [6.45, 7) is 2.13. The Kier molecular flexibility index (Phi) is 2.40. The number of aliphatic hydroxyl groups is 1. The van der Waals surface area contributed by atoms with Gasteiger partial charge in [0.2, 0.25) is 0 Å². The molecule has 0 aromatic rings. The molecule has 1 saturated heterocycles. The van der Waals surface area contributed by atoms with Crippen molar-refractivity contribution in [3.8, 4) is 0 Å². The third-order valence-corrected chi connectivity index (χ3v) is 3.78. The molecule has 2 N–H and O–H groups in total. The second kappa shape index (κ2) is 3.31. The Balaban J connectivity index is 2.14. The number of ketones is 1. The summed E-state index contributed by atoms with van der Waals surface area (Å²) in [4.78, 5) is 11.9. The minimum atomic E-state index is -0.282. The van der Waals surface area contributed by atoms with Crippen LogP contribution in [0.25, 0.3) is 0 Å². The SMILES string of the molecule is CC1(CO)CCC2(CCCCC2=O)N1. The fraction of sp³-hybridized carbons (Fsp3) is 0.909. The zero-order valence-corrected chi connectivity index (χ0v) is 8.81. The summed E-state index contributed by atoms with van der Waals surface area (Å²) < 4.78 is 0. The molecule has 2 unspecified atom stereocenters. The van der Waals surface area contributed by atoms with Crippen molar-refractivity contribution in [2.75, 3.05) is 6.61 Å². The molecule has 1 heterocycles. The molecular formula is C11H19NO2. The van der Waals surface area contributed by atoms with Gasteiger partial charge in [0.1, 0.15) is 0 Å². The standard InChI is InChI=1S/C11H19NO2/c1-10(8-13)6-7-11(12-10)5-3-2-4-9(11)14/h12-13H,2-8H2,1H3. The maximum Gasteiger partial charge on any atom is 0.152 e. The third kappa shape index (κ3) is 1.48. The molecule has 0 aromatic carbocycles. The predicted octanol–water partition coefficient (Wildman–Crippen LogP) is 1.00. The van der Waals surface area contributed by atoms with Gasteiger partial charge in [-0.2, -0.15) is 0 Å². The molecule has 0 aromatic heterocycles. The Labute approximate surface area is 84.9 Å². The van der Waals surface area contributed by atoms with E-state index in [1.807, 2.05) is 6.92 Å². The van der Waals surface area contributed by atoms with E-state index in [0.29, 0.717) is 12.2 Å². The molecule has 2 aliphatic rings. The van der Waals surface area contributed by atoms with Crippen molar-refractivity contribution in [3.05, 3.63) is 0 Å². The van der Waals surface area contributed by atoms with Crippen LogP contribution in [0.5, 0.6) is 0 Å². The lowest BCUT2D eigenvalue weighted by Crippen LogP contribution is -2.56. The number of hydrogen-bond acceptors (Lipinski definition) is 3. The second-order valence-corrected chi connectivity index (χ2v) is 5.06. The predicted molar refractivity (Wildman–Crippen MR) is 54.1 cm³/mol. The van der Waals surface area contributed by atoms with E-state index >= 15 is 0 Å². The lowest BCUT2D eigenvalue weighted by molar-refractivity contribution is -0.127. The van der Waals surface area contributed by atoms with E-state index < -0.39 is 0 Å². The highest BCUT2D eigenvalue weighted by Crippen LogP contribution is 2.38. The fourth-order valence-electron chi connectivity index (χ4n) is 2.80. The van der Waals surface area contributed by atoms with Gasteiger partial charge in [-0.3, -0.25) is 10.1 Å². The van der Waals surface area contributed by atoms with E-state index in [4.69, 9.17) is 0 Å². The van der Waals surface area contributed by atoms with E-state index in [1.54, 1.807) is 0 Å². The van der Waals surface area contributed by atoms with E-state index in [-0.39, 0.29) is 17.7 Å². The number of hydrogen-bond donors (Lipinski definition) is 2. The molecule has 2 fully saturated rings. The first-order valence-corrected chi connectivity index (χ1v) is 5.54. The molecule has 2 atom stereocenters. The number of aliphatic hydroxyl groups excluding tert-OH is 1. The van der Waals surface area contributed by atoms with Crippen LogP contribution < -0.4 is 5.32 Å². The lowest BCUT2D eigenvalue weighted by Gasteiger charge is -2.35. The Morgan fingerprint density at radius 3 is 2.71 bits per heavy atom. The first-order valence-electron chi connectivity index (χ1n) is 5.54. The second-order valence-electron chi connectivity index (χ2n) is 5.06. The molecule has 1 spiro atoms. The summed E-state index contributed by atoms with van der Waals surface area (Å²) in [5, 5.41) is 12.6. The molecule has 1 aliphatic carbocycles. The van der Waals surface area contributed by atoms with Crippen LogP contribution in [0, 0.1) is 0 Å². The van der Waals surface area contributed by atoms with E-state index in [0.717, 1.165) is 32.1 Å². The van der Waals surface area contributed by atoms with Crippen LogP contribution in [0.4, 0.5) is 0 Å². The number of carbonyl (C=O) groups is 1. The topological polar surface area (TPSA) is 49.3 Å². The van der Waals surface area contributed by atoms with E-state index in [2.05, 4.69) is 5.32 Å². The van der Waals surface area contributed by atoms with Gasteiger partial charge < -0.3 is 5.11 Å². The average Bonchev–Trinajstić information content (AvgIpc) is 2.52. The van der Waals surface area contributed by atoms with Crippen LogP contribution in [0.2, 0.25) is 0 Å². The van der Waals surface area contributed by atoms with Crippen LogP contribution in [0.15, 0.2) is 0 Å². The molecule has 0 radical (unpaired) electrons. The largest absolute Gasteiger partial charge is 0.394 e. The number of nitrogens with one attached hydrogen (secondary N) is 1. The lowest BCUT2D eigenvalue weighted by atomic mass is 9.80. The van der Waals surface area contributed by atoms with Gasteiger partial charge in [-0.15, -0.1) is 0 Å². The summed E-state index contributed by atoms with van der Waals surface area (Å²) in [5.41, 5.74) is -0.511. The molecule has 2 rings (SSSR count). The highest BCUT2D eigenvalue weighted by Gasteiger charge is 2.49. The Morgan fingerprint density at radius 1 is 1.36 bits per heavy atom. The van der Waals surface area contributed by atoms with Crippen molar-refractivity contribution in [3.63, 3.8) is 0 Å². The normalized spacial score (nSPS) is 43.4. The molecule has 3 heteroatoms. The third-order valence-electron chi connectivity index (χ3n) is 3.78. The molecule has 0 amide bonds. The van der Waals surface area contributed by atoms with Gasteiger partial charge in [0.25, 0.3) is 0 Å². The van der Waals surface area contributed by atoms with Gasteiger partial charge in [-0.05, 0) is 32.6 Å². The van der Waals surface area contributed by atoms with Crippen LogP contribution >= 0.6 is 0 Å². The average molecular weight is 197 g/mol. The highest BCUT2D eigenvalue weighted by molar-refractivity contribution is 5.89. The Morgan fingerprint density at radius 2 is 2.14 bits per heavy atom. The van der Waals surface area contributed by atoms with E-state index in [9.17, 15) is 9.90 Å².